The summed E-state index contributed by atoms with van der Waals surface area (Å²) < 4.78 is 3.05. The topological polar surface area (TPSA) is 34.9 Å². The monoisotopic (exact) mass is 334 g/mol. The molecule has 0 bridgehead atoms. The van der Waals surface area contributed by atoms with Crippen LogP contribution in [-0.4, -0.2) is 16.1 Å². The number of nitrogens with zero attached hydrogens (tertiary/aromatic N) is 2. The van der Waals surface area contributed by atoms with Gasteiger partial charge < -0.3 is 0 Å². The first-order valence-electron chi connectivity index (χ1n) is 6.91. The molecule has 2 aromatic rings. The van der Waals surface area contributed by atoms with E-state index >= 15 is 0 Å². The molecule has 0 radical (unpaired) electrons. The first kappa shape index (κ1) is 15.0. The lowest BCUT2D eigenvalue weighted by atomic mass is 10.1. The quantitative estimate of drug-likeness (QED) is 0.743. The average Bonchev–Trinajstić information content (AvgIpc) is 2.74. The molecule has 3 nitrogen and oxygen atoms in total. The van der Waals surface area contributed by atoms with Gasteiger partial charge in [0.25, 0.3) is 0 Å². The maximum Gasteiger partial charge on any atom is 0.153 e. The molecule has 20 heavy (non-hydrogen) atoms. The van der Waals surface area contributed by atoms with Gasteiger partial charge in [-0.05, 0) is 31.0 Å². The highest BCUT2D eigenvalue weighted by molar-refractivity contribution is 9.10. The van der Waals surface area contributed by atoms with Gasteiger partial charge in [0, 0.05) is 17.4 Å². The van der Waals surface area contributed by atoms with Crippen LogP contribution in [0.4, 0.5) is 0 Å². The fraction of sp³-hybridized carbons (Fsp3) is 0.375. The van der Waals surface area contributed by atoms with Crippen LogP contribution in [0.1, 0.15) is 47.1 Å². The van der Waals surface area contributed by atoms with Crippen molar-refractivity contribution in [2.75, 3.05) is 0 Å². The molecule has 0 spiro atoms. The van der Waals surface area contributed by atoms with Gasteiger partial charge in [0.1, 0.15) is 0 Å². The zero-order chi connectivity index (χ0) is 14.5. The number of aldehydes is 1. The number of rotatable bonds is 6. The predicted octanol–water partition coefficient (Wildman–Crippen LogP) is 4.16. The van der Waals surface area contributed by atoms with E-state index in [1.165, 1.54) is 5.56 Å². The number of hydrogen-bond acceptors (Lipinski definition) is 2. The van der Waals surface area contributed by atoms with Gasteiger partial charge in [-0.3, -0.25) is 9.48 Å². The van der Waals surface area contributed by atoms with Crippen molar-refractivity contribution in [3.8, 4) is 0 Å². The molecular weight excluding hydrogens is 316 g/mol. The van der Waals surface area contributed by atoms with E-state index in [9.17, 15) is 4.79 Å². The first-order chi connectivity index (χ1) is 9.65. The van der Waals surface area contributed by atoms with Crippen LogP contribution >= 0.6 is 15.9 Å². The molecule has 2 rings (SSSR count). The molecule has 1 heterocycles. The van der Waals surface area contributed by atoms with Gasteiger partial charge in [-0.25, -0.2) is 0 Å². The maximum atomic E-state index is 11.3. The van der Waals surface area contributed by atoms with Gasteiger partial charge in [-0.1, -0.05) is 41.4 Å². The molecule has 0 unspecified atom stereocenters. The average molecular weight is 335 g/mol. The molecule has 0 atom stereocenters. The largest absolute Gasteiger partial charge is 0.298 e. The number of aromatic nitrogens is 2. The second kappa shape index (κ2) is 6.84. The molecule has 0 N–H and O–H groups in total. The van der Waals surface area contributed by atoms with Gasteiger partial charge in [-0.15, -0.1) is 0 Å². The molecule has 4 heteroatoms. The number of unbranched alkanes of at least 4 members (excludes halogenated alkanes) is 1. The van der Waals surface area contributed by atoms with Crippen LogP contribution in [0.2, 0.25) is 0 Å². The van der Waals surface area contributed by atoms with Gasteiger partial charge in [-0.2, -0.15) is 5.10 Å². The van der Waals surface area contributed by atoms with Gasteiger partial charge >= 0.3 is 0 Å². The second-order valence-electron chi connectivity index (χ2n) is 4.94. The van der Waals surface area contributed by atoms with E-state index in [1.54, 1.807) is 0 Å². The molecule has 1 aromatic heterocycles. The zero-order valence-electron chi connectivity index (χ0n) is 11.9. The van der Waals surface area contributed by atoms with Crippen molar-refractivity contribution in [3.05, 3.63) is 51.3 Å². The Morgan fingerprint density at radius 1 is 1.30 bits per heavy atom. The van der Waals surface area contributed by atoms with Gasteiger partial charge in [0.15, 0.2) is 6.29 Å². The normalized spacial score (nSPS) is 10.8. The lowest BCUT2D eigenvalue weighted by molar-refractivity contribution is 0.112. The Balaban J connectivity index is 2.32. The van der Waals surface area contributed by atoms with Crippen molar-refractivity contribution in [3.63, 3.8) is 0 Å². The molecule has 106 valence electrons. The molecule has 0 aliphatic heterocycles. The Hall–Kier alpha value is -1.42. The van der Waals surface area contributed by atoms with E-state index < -0.39 is 0 Å². The summed E-state index contributed by atoms with van der Waals surface area (Å²) >= 11 is 3.44. The summed E-state index contributed by atoms with van der Waals surface area (Å²) in [6.07, 6.45) is 3.87. The maximum absolute atomic E-state index is 11.3. The SMILES string of the molecule is CCCCn1nc(C)c(C=O)c1Cc1ccc(Br)cc1. The number of aryl methyl sites for hydroxylation is 2. The lowest BCUT2D eigenvalue weighted by Gasteiger charge is -2.08. The number of hydrogen-bond donors (Lipinski definition) is 0. The highest BCUT2D eigenvalue weighted by Crippen LogP contribution is 2.19. The predicted molar refractivity (Wildman–Crippen MR) is 84.2 cm³/mol. The fourth-order valence-corrected chi connectivity index (χ4v) is 2.54. The zero-order valence-corrected chi connectivity index (χ0v) is 13.5. The third-order valence-corrected chi connectivity index (χ3v) is 3.94. The Labute approximate surface area is 128 Å². The van der Waals surface area contributed by atoms with E-state index in [0.29, 0.717) is 0 Å². The number of halogens is 1. The van der Waals surface area contributed by atoms with Crippen LogP contribution in [0.3, 0.4) is 0 Å². The highest BCUT2D eigenvalue weighted by atomic mass is 79.9. The summed E-state index contributed by atoms with van der Waals surface area (Å²) in [6.45, 7) is 4.93. The highest BCUT2D eigenvalue weighted by Gasteiger charge is 2.14. The molecule has 0 amide bonds. The summed E-state index contributed by atoms with van der Waals surface area (Å²) in [7, 11) is 0. The summed E-state index contributed by atoms with van der Waals surface area (Å²) in [4.78, 5) is 11.3. The molecule has 0 saturated carbocycles. The third-order valence-electron chi connectivity index (χ3n) is 3.41. The van der Waals surface area contributed by atoms with Crippen molar-refractivity contribution in [2.45, 2.75) is 39.7 Å². The minimum absolute atomic E-state index is 0.740. The van der Waals surface area contributed by atoms with E-state index in [4.69, 9.17) is 0 Å². The number of carbonyl (C=O) groups excluding carboxylic acids is 1. The van der Waals surface area contributed by atoms with Crippen LogP contribution in [0.5, 0.6) is 0 Å². The fourth-order valence-electron chi connectivity index (χ4n) is 2.27. The molecule has 0 fully saturated rings. The summed E-state index contributed by atoms with van der Waals surface area (Å²) in [5.41, 5.74) is 3.77. The van der Waals surface area contributed by atoms with Crippen LogP contribution in [0.15, 0.2) is 28.7 Å². The van der Waals surface area contributed by atoms with Gasteiger partial charge in [0.05, 0.1) is 17.0 Å². The lowest BCUT2D eigenvalue weighted by Crippen LogP contribution is -2.07. The number of benzene rings is 1. The second-order valence-corrected chi connectivity index (χ2v) is 5.86. The summed E-state index contributed by atoms with van der Waals surface area (Å²) in [5.74, 6) is 0. The van der Waals surface area contributed by atoms with E-state index in [0.717, 1.165) is 53.5 Å². The van der Waals surface area contributed by atoms with Crippen molar-refractivity contribution in [1.82, 2.24) is 9.78 Å². The van der Waals surface area contributed by atoms with Crippen LogP contribution in [0.25, 0.3) is 0 Å². The van der Waals surface area contributed by atoms with Crippen molar-refractivity contribution < 1.29 is 4.79 Å². The van der Waals surface area contributed by atoms with Crippen LogP contribution < -0.4 is 0 Å². The minimum atomic E-state index is 0.740. The summed E-state index contributed by atoms with van der Waals surface area (Å²) in [6, 6.07) is 8.20. The van der Waals surface area contributed by atoms with Crippen LogP contribution in [-0.2, 0) is 13.0 Å². The molecular formula is C16H19BrN2O. The van der Waals surface area contributed by atoms with Crippen molar-refractivity contribution in [2.24, 2.45) is 0 Å². The smallest absolute Gasteiger partial charge is 0.153 e. The standard InChI is InChI=1S/C16H19BrN2O/c1-3-4-9-19-16(15(11-20)12(2)18-19)10-13-5-7-14(17)8-6-13/h5-8,11H,3-4,9-10H2,1-2H3. The van der Waals surface area contributed by atoms with Gasteiger partial charge in [0.2, 0.25) is 0 Å². The van der Waals surface area contributed by atoms with Crippen molar-refractivity contribution in [1.29, 1.82) is 0 Å². The van der Waals surface area contributed by atoms with E-state index in [1.807, 2.05) is 23.7 Å². The Kier molecular flexibility index (Phi) is 5.12. The minimum Gasteiger partial charge on any atom is -0.298 e. The Bertz CT molecular complexity index is 587. The molecule has 1 aromatic carbocycles. The summed E-state index contributed by atoms with van der Waals surface area (Å²) in [5, 5.41) is 4.51. The van der Waals surface area contributed by atoms with E-state index in [-0.39, 0.29) is 0 Å². The molecule has 0 aliphatic rings. The Morgan fingerprint density at radius 2 is 2.00 bits per heavy atom. The molecule has 0 saturated heterocycles. The third kappa shape index (κ3) is 3.37. The Morgan fingerprint density at radius 3 is 2.60 bits per heavy atom. The van der Waals surface area contributed by atoms with Crippen molar-refractivity contribution >= 4 is 22.2 Å². The first-order valence-corrected chi connectivity index (χ1v) is 7.71. The number of carbonyl (C=O) groups is 1. The molecule has 0 aliphatic carbocycles. The van der Waals surface area contributed by atoms with Crippen LogP contribution in [0, 0.1) is 6.92 Å². The van der Waals surface area contributed by atoms with E-state index in [2.05, 4.69) is 40.1 Å².